The third kappa shape index (κ3) is 2.57. The minimum atomic E-state index is 0.699. The first kappa shape index (κ1) is 11.9. The van der Waals surface area contributed by atoms with Crippen molar-refractivity contribution in [1.29, 1.82) is 0 Å². The molecule has 0 unspecified atom stereocenters. The van der Waals surface area contributed by atoms with Gasteiger partial charge in [-0.1, -0.05) is 30.7 Å². The van der Waals surface area contributed by atoms with Gasteiger partial charge in [0, 0.05) is 30.7 Å². The molecule has 1 saturated heterocycles. The van der Waals surface area contributed by atoms with E-state index in [9.17, 15) is 0 Å². The molecule has 0 aromatic heterocycles. The summed E-state index contributed by atoms with van der Waals surface area (Å²) < 4.78 is 0. The maximum absolute atomic E-state index is 6.14. The zero-order valence-electron chi connectivity index (χ0n) is 9.96. The SMILES string of the molecule is CCN(Cc1ccc(C)c(Cl)c1)C1CNC1. The van der Waals surface area contributed by atoms with Gasteiger partial charge in [-0.3, -0.25) is 4.90 Å². The molecule has 1 N–H and O–H groups in total. The zero-order chi connectivity index (χ0) is 11.5. The van der Waals surface area contributed by atoms with Gasteiger partial charge >= 0.3 is 0 Å². The normalized spacial score (nSPS) is 16.5. The number of halogens is 1. The molecule has 88 valence electrons. The fourth-order valence-corrected chi connectivity index (χ4v) is 2.20. The average Bonchev–Trinajstić information content (AvgIpc) is 2.20. The van der Waals surface area contributed by atoms with E-state index in [1.54, 1.807) is 0 Å². The van der Waals surface area contributed by atoms with Crippen LogP contribution in [0.4, 0.5) is 0 Å². The molecule has 1 aromatic rings. The number of hydrogen-bond donors (Lipinski definition) is 1. The van der Waals surface area contributed by atoms with Crippen LogP contribution in [0, 0.1) is 6.92 Å². The van der Waals surface area contributed by atoms with Crippen molar-refractivity contribution >= 4 is 11.6 Å². The summed E-state index contributed by atoms with van der Waals surface area (Å²) in [5.41, 5.74) is 2.46. The molecule has 0 aliphatic carbocycles. The highest BCUT2D eigenvalue weighted by molar-refractivity contribution is 6.31. The Labute approximate surface area is 103 Å². The average molecular weight is 239 g/mol. The van der Waals surface area contributed by atoms with Gasteiger partial charge in [-0.15, -0.1) is 0 Å². The lowest BCUT2D eigenvalue weighted by Gasteiger charge is -2.37. The Morgan fingerprint density at radius 3 is 2.69 bits per heavy atom. The van der Waals surface area contributed by atoms with Crippen LogP contribution < -0.4 is 5.32 Å². The summed E-state index contributed by atoms with van der Waals surface area (Å²) in [4.78, 5) is 2.50. The number of nitrogens with zero attached hydrogens (tertiary/aromatic N) is 1. The zero-order valence-corrected chi connectivity index (χ0v) is 10.7. The largest absolute Gasteiger partial charge is 0.314 e. The van der Waals surface area contributed by atoms with Crippen molar-refractivity contribution in [2.24, 2.45) is 0 Å². The Balaban J connectivity index is 2.03. The Kier molecular flexibility index (Phi) is 3.85. The number of nitrogens with one attached hydrogen (secondary N) is 1. The molecule has 1 fully saturated rings. The lowest BCUT2D eigenvalue weighted by molar-refractivity contribution is 0.145. The van der Waals surface area contributed by atoms with E-state index in [2.05, 4.69) is 35.3 Å². The lowest BCUT2D eigenvalue weighted by Crippen LogP contribution is -2.56. The van der Waals surface area contributed by atoms with Crippen LogP contribution in [0.3, 0.4) is 0 Å². The molecule has 0 atom stereocenters. The highest BCUT2D eigenvalue weighted by Crippen LogP contribution is 2.19. The number of rotatable bonds is 4. The number of likely N-dealkylation sites (N-methyl/N-ethyl adjacent to an activating group) is 1. The van der Waals surface area contributed by atoms with E-state index in [-0.39, 0.29) is 0 Å². The van der Waals surface area contributed by atoms with Crippen LogP contribution in [-0.4, -0.2) is 30.6 Å². The van der Waals surface area contributed by atoms with Crippen LogP contribution in [0.15, 0.2) is 18.2 Å². The molecule has 0 bridgehead atoms. The monoisotopic (exact) mass is 238 g/mol. The fraction of sp³-hybridized carbons (Fsp3) is 0.538. The first-order valence-electron chi connectivity index (χ1n) is 5.90. The topological polar surface area (TPSA) is 15.3 Å². The van der Waals surface area contributed by atoms with Gasteiger partial charge in [0.15, 0.2) is 0 Å². The molecule has 2 rings (SSSR count). The Bertz CT molecular complexity index is 361. The number of hydrogen-bond acceptors (Lipinski definition) is 2. The molecule has 16 heavy (non-hydrogen) atoms. The Hall–Kier alpha value is -0.570. The molecule has 0 radical (unpaired) electrons. The predicted octanol–water partition coefficient (Wildman–Crippen LogP) is 2.44. The highest BCUT2D eigenvalue weighted by Gasteiger charge is 2.23. The molecular formula is C13H19ClN2. The van der Waals surface area contributed by atoms with Gasteiger partial charge in [-0.05, 0) is 30.7 Å². The molecule has 1 heterocycles. The van der Waals surface area contributed by atoms with Crippen molar-refractivity contribution in [3.05, 3.63) is 34.3 Å². The van der Waals surface area contributed by atoms with Gasteiger partial charge < -0.3 is 5.32 Å². The minimum absolute atomic E-state index is 0.699. The summed E-state index contributed by atoms with van der Waals surface area (Å²) in [7, 11) is 0. The highest BCUT2D eigenvalue weighted by atomic mass is 35.5. The summed E-state index contributed by atoms with van der Waals surface area (Å²) in [6.45, 7) is 8.59. The van der Waals surface area contributed by atoms with Crippen molar-refractivity contribution in [1.82, 2.24) is 10.2 Å². The van der Waals surface area contributed by atoms with E-state index in [0.29, 0.717) is 6.04 Å². The summed E-state index contributed by atoms with van der Waals surface area (Å²) in [6, 6.07) is 7.07. The van der Waals surface area contributed by atoms with Crippen molar-refractivity contribution < 1.29 is 0 Å². The van der Waals surface area contributed by atoms with Gasteiger partial charge in [-0.25, -0.2) is 0 Å². The molecule has 1 aliphatic rings. The molecule has 0 saturated carbocycles. The van der Waals surface area contributed by atoms with Gasteiger partial charge in [0.2, 0.25) is 0 Å². The standard InChI is InChI=1S/C13H19ClN2/c1-3-16(12-7-15-8-12)9-11-5-4-10(2)13(14)6-11/h4-6,12,15H,3,7-9H2,1-2H3. The van der Waals surface area contributed by atoms with Crippen molar-refractivity contribution in [3.63, 3.8) is 0 Å². The van der Waals surface area contributed by atoms with E-state index in [0.717, 1.165) is 36.8 Å². The molecule has 1 aromatic carbocycles. The predicted molar refractivity (Wildman–Crippen MR) is 68.9 cm³/mol. The summed E-state index contributed by atoms with van der Waals surface area (Å²) in [5.74, 6) is 0. The van der Waals surface area contributed by atoms with E-state index in [1.807, 2.05) is 6.92 Å². The smallest absolute Gasteiger partial charge is 0.0438 e. The van der Waals surface area contributed by atoms with Crippen LogP contribution in [0.25, 0.3) is 0 Å². The number of aryl methyl sites for hydroxylation is 1. The molecule has 2 nitrogen and oxygen atoms in total. The maximum atomic E-state index is 6.14. The molecule has 0 spiro atoms. The lowest BCUT2D eigenvalue weighted by atomic mass is 10.1. The third-order valence-corrected chi connectivity index (χ3v) is 3.71. The van der Waals surface area contributed by atoms with Crippen molar-refractivity contribution in [2.75, 3.05) is 19.6 Å². The van der Waals surface area contributed by atoms with Crippen molar-refractivity contribution in [2.45, 2.75) is 26.4 Å². The van der Waals surface area contributed by atoms with Gasteiger partial charge in [0.25, 0.3) is 0 Å². The minimum Gasteiger partial charge on any atom is -0.314 e. The first-order chi connectivity index (χ1) is 7.70. The fourth-order valence-electron chi connectivity index (χ4n) is 2.00. The van der Waals surface area contributed by atoms with E-state index in [1.165, 1.54) is 5.56 Å². The number of benzene rings is 1. The second-order valence-corrected chi connectivity index (χ2v) is 4.87. The van der Waals surface area contributed by atoms with Crippen LogP contribution >= 0.6 is 11.6 Å². The maximum Gasteiger partial charge on any atom is 0.0438 e. The molecule has 1 aliphatic heterocycles. The Morgan fingerprint density at radius 1 is 1.44 bits per heavy atom. The van der Waals surface area contributed by atoms with Crippen LogP contribution in [0.2, 0.25) is 5.02 Å². The molecule has 3 heteroatoms. The summed E-state index contributed by atoms with van der Waals surface area (Å²) in [5, 5.41) is 4.19. The first-order valence-corrected chi connectivity index (χ1v) is 6.28. The Morgan fingerprint density at radius 2 is 2.19 bits per heavy atom. The quantitative estimate of drug-likeness (QED) is 0.867. The van der Waals surface area contributed by atoms with Crippen LogP contribution in [0.1, 0.15) is 18.1 Å². The van der Waals surface area contributed by atoms with E-state index in [4.69, 9.17) is 11.6 Å². The molecule has 0 amide bonds. The van der Waals surface area contributed by atoms with Gasteiger partial charge in [0.05, 0.1) is 0 Å². The van der Waals surface area contributed by atoms with Gasteiger partial charge in [-0.2, -0.15) is 0 Å². The summed E-state index contributed by atoms with van der Waals surface area (Å²) in [6.07, 6.45) is 0. The second-order valence-electron chi connectivity index (χ2n) is 4.46. The van der Waals surface area contributed by atoms with Crippen molar-refractivity contribution in [3.8, 4) is 0 Å². The van der Waals surface area contributed by atoms with Crippen LogP contribution in [-0.2, 0) is 6.54 Å². The van der Waals surface area contributed by atoms with Crippen LogP contribution in [0.5, 0.6) is 0 Å². The van der Waals surface area contributed by atoms with Gasteiger partial charge in [0.1, 0.15) is 0 Å². The second kappa shape index (κ2) is 5.17. The van der Waals surface area contributed by atoms with E-state index < -0.39 is 0 Å². The third-order valence-electron chi connectivity index (χ3n) is 3.30. The molecular weight excluding hydrogens is 220 g/mol. The summed E-state index contributed by atoms with van der Waals surface area (Å²) >= 11 is 6.14. The van der Waals surface area contributed by atoms with E-state index >= 15 is 0 Å².